The Morgan fingerprint density at radius 2 is 1.42 bits per heavy atom. The van der Waals surface area contributed by atoms with Crippen molar-refractivity contribution in [2.75, 3.05) is 5.43 Å². The molecule has 3 aromatic carbocycles. The third-order valence-electron chi connectivity index (χ3n) is 3.43. The molecule has 0 atom stereocenters. The minimum absolute atomic E-state index is 0.0572. The second-order valence-corrected chi connectivity index (χ2v) is 4.91. The number of anilines is 1. The Morgan fingerprint density at radius 3 is 2.00 bits per heavy atom. The second-order valence-electron chi connectivity index (χ2n) is 4.91. The molecule has 0 fully saturated rings. The summed E-state index contributed by atoms with van der Waals surface area (Å²) in [5.74, 6) is 0. The predicted molar refractivity (Wildman–Crippen MR) is 87.4 cm³/mol. The van der Waals surface area contributed by atoms with E-state index in [9.17, 15) is 24.5 Å². The summed E-state index contributed by atoms with van der Waals surface area (Å²) < 4.78 is 0. The van der Waals surface area contributed by atoms with Gasteiger partial charge < -0.3 is 0 Å². The fourth-order valence-electron chi connectivity index (χ4n) is 2.22. The van der Waals surface area contributed by atoms with E-state index in [1.165, 1.54) is 36.4 Å². The van der Waals surface area contributed by atoms with Gasteiger partial charge in [-0.15, -0.1) is 0 Å². The quantitative estimate of drug-likeness (QED) is 0.429. The topological polar surface area (TPSA) is 119 Å². The van der Waals surface area contributed by atoms with Crippen molar-refractivity contribution >= 4 is 22.1 Å². The summed E-state index contributed by atoms with van der Waals surface area (Å²) in [5.41, 5.74) is 0.251. The van der Waals surface area contributed by atoms with Crippen LogP contribution in [-0.2, 0) is 0 Å². The van der Waals surface area contributed by atoms with E-state index in [1.807, 2.05) is 0 Å². The van der Waals surface area contributed by atoms with Crippen molar-refractivity contribution < 1.29 is 4.92 Å². The Hall–Kier alpha value is -3.68. The summed E-state index contributed by atoms with van der Waals surface area (Å²) in [6, 6.07) is 11.2. The largest absolute Gasteiger partial charge is 0.287 e. The van der Waals surface area contributed by atoms with Crippen LogP contribution < -0.4 is 27.1 Å². The molecule has 0 spiro atoms. The van der Waals surface area contributed by atoms with Crippen LogP contribution in [0, 0.1) is 10.1 Å². The van der Waals surface area contributed by atoms with Crippen molar-refractivity contribution in [3.8, 4) is 0 Å². The molecule has 0 radical (unpaired) electrons. The van der Waals surface area contributed by atoms with E-state index >= 15 is 0 Å². The van der Waals surface area contributed by atoms with Gasteiger partial charge in [-0.25, -0.2) is 0 Å². The maximum atomic E-state index is 12.3. The highest BCUT2D eigenvalue weighted by molar-refractivity contribution is 5.81. The van der Waals surface area contributed by atoms with E-state index < -0.39 is 26.6 Å². The molecule has 0 unspecified atom stereocenters. The number of hydrogen-bond acceptors (Lipinski definition) is 7. The number of nitro groups is 1. The molecule has 8 nitrogen and oxygen atoms in total. The summed E-state index contributed by atoms with van der Waals surface area (Å²) in [5, 5.41) is 14.0. The van der Waals surface area contributed by atoms with Crippen LogP contribution in [0.3, 0.4) is 0 Å². The number of nitrogens with zero attached hydrogens (tertiary/aromatic N) is 2. The molecule has 3 aromatic rings. The first kappa shape index (κ1) is 15.2. The van der Waals surface area contributed by atoms with Crippen LogP contribution in [0.15, 0.2) is 68.0 Å². The maximum Gasteiger partial charge on any atom is 0.269 e. The lowest BCUT2D eigenvalue weighted by Gasteiger charge is -1.99. The lowest BCUT2D eigenvalue weighted by molar-refractivity contribution is -0.384. The number of rotatable bonds is 3. The van der Waals surface area contributed by atoms with Gasteiger partial charge in [-0.1, -0.05) is 24.3 Å². The molecule has 24 heavy (non-hydrogen) atoms. The van der Waals surface area contributed by atoms with E-state index in [4.69, 9.17) is 0 Å². The molecular formula is C16H9N3O5. The van der Waals surface area contributed by atoms with Gasteiger partial charge in [0.25, 0.3) is 11.1 Å². The van der Waals surface area contributed by atoms with Crippen LogP contribution in [0.4, 0.5) is 11.4 Å². The van der Waals surface area contributed by atoms with Gasteiger partial charge in [-0.3, -0.25) is 29.9 Å². The first-order valence-corrected chi connectivity index (χ1v) is 6.80. The SMILES string of the molecule is O=c1c(=NNc2ccc([N+](=O)[O-])cc2)c(=O)c2ccccc2c1=O. The minimum Gasteiger partial charge on any atom is -0.287 e. The summed E-state index contributed by atoms with van der Waals surface area (Å²) in [4.78, 5) is 46.4. The zero-order valence-corrected chi connectivity index (χ0v) is 12.1. The summed E-state index contributed by atoms with van der Waals surface area (Å²) in [7, 11) is 0. The first-order valence-electron chi connectivity index (χ1n) is 6.80. The van der Waals surface area contributed by atoms with Crippen molar-refractivity contribution in [2.24, 2.45) is 5.10 Å². The Morgan fingerprint density at radius 1 is 0.833 bits per heavy atom. The molecule has 8 heteroatoms. The number of hydrogen-bond donors (Lipinski definition) is 1. The smallest absolute Gasteiger partial charge is 0.269 e. The van der Waals surface area contributed by atoms with Crippen LogP contribution in [-0.4, -0.2) is 4.92 Å². The molecule has 0 amide bonds. The third-order valence-corrected chi connectivity index (χ3v) is 3.43. The lowest BCUT2D eigenvalue weighted by Crippen LogP contribution is -2.48. The molecule has 0 bridgehead atoms. The standard InChI is InChI=1S/C16H9N3O5/c20-14-11-3-1-2-4-12(11)15(21)16(22)13(14)18-17-9-5-7-10(8-6-9)19(23)24/h1-8,17H. The van der Waals surface area contributed by atoms with E-state index in [0.717, 1.165) is 0 Å². The van der Waals surface area contributed by atoms with Crippen LogP contribution in [0.2, 0.25) is 0 Å². The normalized spacial score (nSPS) is 11.6. The zero-order valence-electron chi connectivity index (χ0n) is 12.1. The van der Waals surface area contributed by atoms with Crippen LogP contribution in [0.25, 0.3) is 10.8 Å². The first-order chi connectivity index (χ1) is 11.5. The van der Waals surface area contributed by atoms with E-state index in [1.54, 1.807) is 12.1 Å². The molecule has 0 saturated heterocycles. The summed E-state index contributed by atoms with van der Waals surface area (Å²) in [6.07, 6.45) is 0. The highest BCUT2D eigenvalue weighted by Crippen LogP contribution is 2.14. The highest BCUT2D eigenvalue weighted by Gasteiger charge is 2.10. The summed E-state index contributed by atoms with van der Waals surface area (Å²) >= 11 is 0. The second kappa shape index (κ2) is 5.84. The van der Waals surface area contributed by atoms with Gasteiger partial charge in [0.15, 0.2) is 5.36 Å². The van der Waals surface area contributed by atoms with Gasteiger partial charge in [-0.2, -0.15) is 5.10 Å². The molecule has 0 saturated carbocycles. The zero-order chi connectivity index (χ0) is 17.3. The van der Waals surface area contributed by atoms with Gasteiger partial charge in [0, 0.05) is 22.9 Å². The van der Waals surface area contributed by atoms with Gasteiger partial charge >= 0.3 is 0 Å². The van der Waals surface area contributed by atoms with Gasteiger partial charge in [0.1, 0.15) is 0 Å². The molecule has 0 aromatic heterocycles. The van der Waals surface area contributed by atoms with Crippen molar-refractivity contribution in [2.45, 2.75) is 0 Å². The van der Waals surface area contributed by atoms with Gasteiger partial charge in [0.2, 0.25) is 10.9 Å². The molecule has 0 aliphatic carbocycles. The van der Waals surface area contributed by atoms with Crippen molar-refractivity contribution in [3.63, 3.8) is 0 Å². The number of nitrogens with one attached hydrogen (secondary N) is 1. The summed E-state index contributed by atoms with van der Waals surface area (Å²) in [6.45, 7) is 0. The Labute approximate surface area is 133 Å². The van der Waals surface area contributed by atoms with Crippen molar-refractivity contribution in [1.82, 2.24) is 0 Å². The Balaban J connectivity index is 2.11. The molecule has 0 heterocycles. The van der Waals surface area contributed by atoms with Crippen LogP contribution >= 0.6 is 0 Å². The van der Waals surface area contributed by atoms with E-state index in [-0.39, 0.29) is 16.5 Å². The van der Waals surface area contributed by atoms with Gasteiger partial charge in [-0.05, 0) is 12.1 Å². The fraction of sp³-hybridized carbons (Fsp3) is 0. The Kier molecular flexibility index (Phi) is 3.70. The van der Waals surface area contributed by atoms with Crippen molar-refractivity contribution in [3.05, 3.63) is 94.7 Å². The van der Waals surface area contributed by atoms with Gasteiger partial charge in [0.05, 0.1) is 10.6 Å². The molecule has 1 N–H and O–H groups in total. The van der Waals surface area contributed by atoms with E-state index in [2.05, 4.69) is 10.5 Å². The average molecular weight is 323 g/mol. The monoisotopic (exact) mass is 323 g/mol. The van der Waals surface area contributed by atoms with E-state index in [0.29, 0.717) is 5.69 Å². The molecule has 3 rings (SSSR count). The molecule has 0 aliphatic heterocycles. The van der Waals surface area contributed by atoms with Crippen LogP contribution in [0.1, 0.15) is 0 Å². The Bertz CT molecular complexity index is 1160. The fourth-order valence-corrected chi connectivity index (χ4v) is 2.22. The number of fused-ring (bicyclic) bond motifs is 1. The molecule has 118 valence electrons. The maximum absolute atomic E-state index is 12.3. The highest BCUT2D eigenvalue weighted by atomic mass is 16.6. The number of non-ortho nitro benzene ring substituents is 1. The lowest BCUT2D eigenvalue weighted by atomic mass is 10.1. The number of nitro benzene ring substituents is 1. The number of benzene rings is 3. The minimum atomic E-state index is -0.992. The molecular weight excluding hydrogens is 314 g/mol. The third kappa shape index (κ3) is 2.56. The van der Waals surface area contributed by atoms with Crippen molar-refractivity contribution in [1.29, 1.82) is 0 Å². The molecule has 0 aliphatic rings. The average Bonchev–Trinajstić information content (AvgIpc) is 2.60. The van der Waals surface area contributed by atoms with Crippen LogP contribution in [0.5, 0.6) is 0 Å². The predicted octanol–water partition coefficient (Wildman–Crippen LogP) is 0.632.